The van der Waals surface area contributed by atoms with E-state index in [-0.39, 0.29) is 18.4 Å². The van der Waals surface area contributed by atoms with Crippen LogP contribution in [0.1, 0.15) is 38.0 Å². The van der Waals surface area contributed by atoms with Gasteiger partial charge >= 0.3 is 5.97 Å². The number of hydrogen-bond acceptors (Lipinski definition) is 4. The molecule has 0 atom stereocenters. The number of nitrogens with zero attached hydrogens (tertiary/aromatic N) is 1. The minimum Gasteiger partial charge on any atom is -0.465 e. The summed E-state index contributed by atoms with van der Waals surface area (Å²) in [6.45, 7) is 4.77. The zero-order valence-corrected chi connectivity index (χ0v) is 15.0. The quantitative estimate of drug-likeness (QED) is 0.619. The molecule has 1 rings (SSSR count). The lowest BCUT2D eigenvalue weighted by Crippen LogP contribution is -2.37. The first-order valence-corrected chi connectivity index (χ1v) is 8.85. The molecule has 0 radical (unpaired) electrons. The van der Waals surface area contributed by atoms with Crippen molar-refractivity contribution in [2.75, 3.05) is 19.7 Å². The number of hydrogen-bond donors (Lipinski definition) is 0. The van der Waals surface area contributed by atoms with Crippen molar-refractivity contribution in [2.24, 2.45) is 0 Å². The molecule has 0 fully saturated rings. The zero-order valence-electron chi connectivity index (χ0n) is 12.6. The lowest BCUT2D eigenvalue weighted by Gasteiger charge is -2.21. The highest BCUT2D eigenvalue weighted by atomic mass is 79.9. The van der Waals surface area contributed by atoms with Crippen molar-refractivity contribution in [3.05, 3.63) is 20.8 Å². The molecule has 1 aromatic heterocycles. The van der Waals surface area contributed by atoms with Crippen molar-refractivity contribution in [1.29, 1.82) is 0 Å². The van der Waals surface area contributed by atoms with Crippen molar-refractivity contribution in [3.63, 3.8) is 0 Å². The molecule has 21 heavy (non-hydrogen) atoms. The number of carbonyl (C=O) groups excluding carboxylic acids is 2. The Kier molecular flexibility index (Phi) is 8.61. The molecule has 0 unspecified atom stereocenters. The second-order valence-corrected chi connectivity index (χ2v) is 7.23. The molecule has 0 bridgehead atoms. The van der Waals surface area contributed by atoms with E-state index in [1.165, 1.54) is 4.88 Å². The van der Waals surface area contributed by atoms with E-state index in [2.05, 4.69) is 22.0 Å². The van der Waals surface area contributed by atoms with Gasteiger partial charge in [-0.15, -0.1) is 11.3 Å². The molecule has 0 aliphatic rings. The fourth-order valence-electron chi connectivity index (χ4n) is 1.98. The summed E-state index contributed by atoms with van der Waals surface area (Å²) in [5.74, 6) is -0.304. The summed E-state index contributed by atoms with van der Waals surface area (Å²) in [5, 5.41) is 0. The van der Waals surface area contributed by atoms with Gasteiger partial charge < -0.3 is 9.64 Å². The van der Waals surface area contributed by atoms with Crippen LogP contribution >= 0.6 is 27.3 Å². The van der Waals surface area contributed by atoms with E-state index in [1.807, 2.05) is 13.0 Å². The van der Waals surface area contributed by atoms with Gasteiger partial charge in [0, 0.05) is 17.8 Å². The Morgan fingerprint density at radius 3 is 2.67 bits per heavy atom. The van der Waals surface area contributed by atoms with Gasteiger partial charge in [-0.2, -0.15) is 0 Å². The fourth-order valence-corrected chi connectivity index (χ4v) is 3.51. The first-order chi connectivity index (χ1) is 10.1. The van der Waals surface area contributed by atoms with Crippen molar-refractivity contribution in [1.82, 2.24) is 4.90 Å². The molecule has 1 heterocycles. The van der Waals surface area contributed by atoms with Crippen LogP contribution in [0, 0.1) is 0 Å². The fraction of sp³-hybridized carbons (Fsp3) is 0.600. The average Bonchev–Trinajstić information content (AvgIpc) is 2.84. The third kappa shape index (κ3) is 7.09. The van der Waals surface area contributed by atoms with Gasteiger partial charge in [-0.1, -0.05) is 6.92 Å². The monoisotopic (exact) mass is 375 g/mol. The number of ether oxygens (including phenoxy) is 1. The summed E-state index contributed by atoms with van der Waals surface area (Å²) in [6.07, 6.45) is 2.99. The smallest absolute Gasteiger partial charge is 0.325 e. The minimum atomic E-state index is -0.332. The second-order valence-electron chi connectivity index (χ2n) is 4.68. The van der Waals surface area contributed by atoms with Gasteiger partial charge in [-0.25, -0.2) is 0 Å². The Labute approximate surface area is 138 Å². The van der Waals surface area contributed by atoms with E-state index in [0.717, 1.165) is 23.0 Å². The summed E-state index contributed by atoms with van der Waals surface area (Å²) in [5.41, 5.74) is 0. The molecule has 0 aliphatic heterocycles. The number of esters is 1. The average molecular weight is 376 g/mol. The normalized spacial score (nSPS) is 10.4. The van der Waals surface area contributed by atoms with E-state index in [1.54, 1.807) is 23.2 Å². The molecule has 0 aliphatic carbocycles. The number of halogens is 1. The molecular formula is C15H22BrNO3S. The molecule has 118 valence electrons. The highest BCUT2D eigenvalue weighted by Crippen LogP contribution is 2.23. The van der Waals surface area contributed by atoms with E-state index < -0.39 is 0 Å². The van der Waals surface area contributed by atoms with E-state index >= 15 is 0 Å². The lowest BCUT2D eigenvalue weighted by atomic mass is 10.2. The highest BCUT2D eigenvalue weighted by molar-refractivity contribution is 9.11. The van der Waals surface area contributed by atoms with Crippen molar-refractivity contribution in [2.45, 2.75) is 39.5 Å². The molecule has 4 nitrogen and oxygen atoms in total. The summed E-state index contributed by atoms with van der Waals surface area (Å²) in [4.78, 5) is 26.6. The summed E-state index contributed by atoms with van der Waals surface area (Å²) in [7, 11) is 0. The van der Waals surface area contributed by atoms with Crippen LogP contribution in [0.3, 0.4) is 0 Å². The number of thiophene rings is 1. The maximum atomic E-state index is 12.2. The van der Waals surface area contributed by atoms with Gasteiger partial charge in [0.25, 0.3) is 0 Å². The van der Waals surface area contributed by atoms with Gasteiger partial charge in [0.05, 0.1) is 10.4 Å². The largest absolute Gasteiger partial charge is 0.465 e. The Bertz CT molecular complexity index is 462. The molecule has 0 N–H and O–H groups in total. The van der Waals surface area contributed by atoms with Crippen LogP contribution in [0.4, 0.5) is 0 Å². The topological polar surface area (TPSA) is 46.6 Å². The van der Waals surface area contributed by atoms with Crippen molar-refractivity contribution >= 4 is 39.1 Å². The maximum Gasteiger partial charge on any atom is 0.325 e. The number of rotatable bonds is 9. The molecule has 6 heteroatoms. The van der Waals surface area contributed by atoms with Crippen LogP contribution in [-0.2, 0) is 20.7 Å². The van der Waals surface area contributed by atoms with Crippen LogP contribution in [-0.4, -0.2) is 36.5 Å². The van der Waals surface area contributed by atoms with Gasteiger partial charge in [-0.3, -0.25) is 9.59 Å². The molecule has 1 amide bonds. The standard InChI is InChI=1S/C15H22BrNO3S/c1-3-10-17(11-15(19)20-4-2)14(18)7-5-6-12-8-9-13(16)21-12/h8-9H,3-7,10-11H2,1-2H3. The SMILES string of the molecule is CCCN(CC(=O)OCC)C(=O)CCCc1ccc(Br)s1. The Morgan fingerprint density at radius 2 is 2.10 bits per heavy atom. The van der Waals surface area contributed by atoms with Crippen LogP contribution < -0.4 is 0 Å². The van der Waals surface area contributed by atoms with Crippen molar-refractivity contribution < 1.29 is 14.3 Å². The van der Waals surface area contributed by atoms with Crippen LogP contribution in [0.25, 0.3) is 0 Å². The Morgan fingerprint density at radius 1 is 1.33 bits per heavy atom. The van der Waals surface area contributed by atoms with Gasteiger partial charge in [0.15, 0.2) is 0 Å². The second kappa shape index (κ2) is 9.95. The predicted molar refractivity (Wildman–Crippen MR) is 88.5 cm³/mol. The number of amides is 1. The van der Waals surface area contributed by atoms with Gasteiger partial charge in [-0.05, 0) is 54.2 Å². The maximum absolute atomic E-state index is 12.2. The molecule has 0 spiro atoms. The lowest BCUT2D eigenvalue weighted by molar-refractivity contribution is -0.149. The van der Waals surface area contributed by atoms with Crippen LogP contribution in [0.15, 0.2) is 15.9 Å². The summed E-state index contributed by atoms with van der Waals surface area (Å²) < 4.78 is 6.02. The van der Waals surface area contributed by atoms with E-state index in [4.69, 9.17) is 4.74 Å². The van der Waals surface area contributed by atoms with E-state index in [0.29, 0.717) is 19.6 Å². The third-order valence-corrected chi connectivity index (χ3v) is 4.60. The van der Waals surface area contributed by atoms with E-state index in [9.17, 15) is 9.59 Å². The number of aryl methyl sites for hydroxylation is 1. The molecule has 0 aromatic carbocycles. The molecule has 1 aromatic rings. The Balaban J connectivity index is 2.39. The van der Waals surface area contributed by atoms with Crippen LogP contribution in [0.5, 0.6) is 0 Å². The predicted octanol–water partition coefficient (Wildman–Crippen LogP) is 3.64. The summed E-state index contributed by atoms with van der Waals surface area (Å²) >= 11 is 5.12. The minimum absolute atomic E-state index is 0.0283. The first kappa shape index (κ1) is 18.2. The molecule has 0 saturated heterocycles. The Hall–Kier alpha value is -0.880. The third-order valence-electron chi connectivity index (χ3n) is 2.91. The molecular weight excluding hydrogens is 354 g/mol. The van der Waals surface area contributed by atoms with Crippen LogP contribution in [0.2, 0.25) is 0 Å². The zero-order chi connectivity index (χ0) is 15.7. The van der Waals surface area contributed by atoms with Gasteiger partial charge in [0.1, 0.15) is 6.54 Å². The number of carbonyl (C=O) groups is 2. The van der Waals surface area contributed by atoms with Crippen molar-refractivity contribution in [3.8, 4) is 0 Å². The molecule has 0 saturated carbocycles. The summed E-state index contributed by atoms with van der Waals surface area (Å²) in [6, 6.07) is 4.09. The first-order valence-electron chi connectivity index (χ1n) is 7.24. The van der Waals surface area contributed by atoms with Gasteiger partial charge in [0.2, 0.25) is 5.91 Å². The highest BCUT2D eigenvalue weighted by Gasteiger charge is 2.16.